The van der Waals surface area contributed by atoms with Gasteiger partial charge in [-0.05, 0) is 45.4 Å². The molecule has 1 N–H and O–H groups in total. The number of hydrogen-bond donors (Lipinski definition) is 1. The van der Waals surface area contributed by atoms with Gasteiger partial charge in [0.2, 0.25) is 5.91 Å². The van der Waals surface area contributed by atoms with Crippen LogP contribution < -0.4 is 5.32 Å². The van der Waals surface area contributed by atoms with E-state index < -0.39 is 5.41 Å². The van der Waals surface area contributed by atoms with Crippen molar-refractivity contribution in [3.8, 4) is 6.07 Å². The second kappa shape index (κ2) is 5.19. The maximum atomic E-state index is 12.9. The van der Waals surface area contributed by atoms with E-state index in [1.54, 1.807) is 0 Å². The molecule has 3 saturated carbocycles. The van der Waals surface area contributed by atoms with Crippen LogP contribution in [0.25, 0.3) is 0 Å². The second-order valence-corrected chi connectivity index (χ2v) is 7.79. The van der Waals surface area contributed by atoms with Gasteiger partial charge in [-0.15, -0.1) is 0 Å². The fraction of sp³-hybridized carbons (Fsp3) is 0.889. The molecule has 1 amide bonds. The summed E-state index contributed by atoms with van der Waals surface area (Å²) in [7, 11) is 0. The average molecular weight is 318 g/mol. The zero-order chi connectivity index (χ0) is 16.1. The molecule has 0 unspecified atom stereocenters. The van der Waals surface area contributed by atoms with Crippen LogP contribution in [-0.4, -0.2) is 36.9 Å². The highest BCUT2D eigenvalue weighted by Crippen LogP contribution is 2.71. The molecule has 0 aromatic carbocycles. The first-order valence-electron chi connectivity index (χ1n) is 9.10. The van der Waals surface area contributed by atoms with Crippen LogP contribution in [0, 0.1) is 22.2 Å². The van der Waals surface area contributed by atoms with E-state index in [0.29, 0.717) is 6.61 Å². The van der Waals surface area contributed by atoms with E-state index in [0.717, 1.165) is 58.0 Å². The lowest BCUT2D eigenvalue weighted by Crippen LogP contribution is -2.70. The molecular formula is C18H26N2O3. The smallest absolute Gasteiger partial charge is 0.241 e. The van der Waals surface area contributed by atoms with Crippen molar-refractivity contribution in [3.63, 3.8) is 0 Å². The van der Waals surface area contributed by atoms with Crippen molar-refractivity contribution in [1.29, 1.82) is 5.26 Å². The number of nitriles is 1. The van der Waals surface area contributed by atoms with E-state index in [-0.39, 0.29) is 29.1 Å². The van der Waals surface area contributed by atoms with Gasteiger partial charge >= 0.3 is 0 Å². The van der Waals surface area contributed by atoms with Crippen LogP contribution in [0.3, 0.4) is 0 Å². The molecule has 0 bridgehead atoms. The van der Waals surface area contributed by atoms with Gasteiger partial charge in [0.05, 0.1) is 18.2 Å². The molecule has 5 nitrogen and oxygen atoms in total. The van der Waals surface area contributed by atoms with Crippen molar-refractivity contribution in [3.05, 3.63) is 0 Å². The molecule has 4 fully saturated rings. The zero-order valence-corrected chi connectivity index (χ0v) is 13.9. The lowest BCUT2D eigenvalue weighted by molar-refractivity contribution is -0.199. The number of carbonyl (C=O) groups is 1. The quantitative estimate of drug-likeness (QED) is 0.863. The summed E-state index contributed by atoms with van der Waals surface area (Å²) in [6, 6.07) is 2.37. The number of amides is 1. The third-order valence-electron chi connectivity index (χ3n) is 6.86. The summed E-state index contributed by atoms with van der Waals surface area (Å²) in [5.74, 6) is -0.0586. The minimum atomic E-state index is -0.778. The van der Waals surface area contributed by atoms with Crippen molar-refractivity contribution in [2.24, 2.45) is 10.8 Å². The molecule has 0 aromatic rings. The average Bonchev–Trinajstić information content (AvgIpc) is 2.96. The minimum absolute atomic E-state index is 0.00155. The third-order valence-corrected chi connectivity index (χ3v) is 6.86. The van der Waals surface area contributed by atoms with Crippen molar-refractivity contribution in [2.75, 3.05) is 13.2 Å². The Hall–Kier alpha value is -1.12. The monoisotopic (exact) mass is 318 g/mol. The topological polar surface area (TPSA) is 71.3 Å². The predicted octanol–water partition coefficient (Wildman–Crippen LogP) is 2.30. The van der Waals surface area contributed by atoms with Crippen molar-refractivity contribution < 1.29 is 14.3 Å². The molecule has 1 heterocycles. The molecule has 0 radical (unpaired) electrons. The van der Waals surface area contributed by atoms with E-state index >= 15 is 0 Å². The molecule has 4 atom stereocenters. The Morgan fingerprint density at radius 1 is 1.35 bits per heavy atom. The highest BCUT2D eigenvalue weighted by atomic mass is 16.6. The third kappa shape index (κ3) is 1.94. The van der Waals surface area contributed by atoms with E-state index in [4.69, 9.17) is 9.47 Å². The Kier molecular flexibility index (Phi) is 3.48. The molecule has 126 valence electrons. The van der Waals surface area contributed by atoms with Crippen LogP contribution in [-0.2, 0) is 14.3 Å². The molecule has 23 heavy (non-hydrogen) atoms. The molecule has 1 saturated heterocycles. The van der Waals surface area contributed by atoms with Gasteiger partial charge in [-0.25, -0.2) is 0 Å². The lowest BCUT2D eigenvalue weighted by Gasteiger charge is -2.52. The van der Waals surface area contributed by atoms with Gasteiger partial charge in [-0.2, -0.15) is 5.26 Å². The molecule has 0 aromatic heterocycles. The van der Waals surface area contributed by atoms with Crippen LogP contribution in [0.2, 0.25) is 0 Å². The van der Waals surface area contributed by atoms with Crippen molar-refractivity contribution in [1.82, 2.24) is 5.32 Å². The van der Waals surface area contributed by atoms with E-state index in [9.17, 15) is 10.1 Å². The van der Waals surface area contributed by atoms with E-state index in [2.05, 4.69) is 11.4 Å². The number of nitrogens with zero attached hydrogens (tertiary/aromatic N) is 1. The summed E-state index contributed by atoms with van der Waals surface area (Å²) >= 11 is 0. The van der Waals surface area contributed by atoms with Crippen LogP contribution >= 0.6 is 0 Å². The molecule has 4 rings (SSSR count). The standard InChI is InChI=1S/C18H26N2O3/c1-2-22-14-10-13(18(14)8-5-9-23-18)20-15(21)17(12-19)11-16(17)6-3-4-7-16/h13-14H,2-11H2,1H3,(H,20,21)/t13-,14+,17+,18+/m0/s1. The molecule has 3 aliphatic carbocycles. The molecular weight excluding hydrogens is 292 g/mol. The summed E-state index contributed by atoms with van der Waals surface area (Å²) in [6.45, 7) is 3.40. The van der Waals surface area contributed by atoms with Crippen molar-refractivity contribution >= 4 is 5.91 Å². The van der Waals surface area contributed by atoms with Gasteiger partial charge < -0.3 is 14.8 Å². The van der Waals surface area contributed by atoms with Gasteiger partial charge in [0.1, 0.15) is 11.0 Å². The SMILES string of the molecule is CCO[C@@H]1C[C@H](NC(=O)[C@]2(C#N)CC23CCCC3)[C@]12CCCO2. The first-order valence-corrected chi connectivity index (χ1v) is 9.10. The highest BCUT2D eigenvalue weighted by Gasteiger charge is 2.73. The zero-order valence-electron chi connectivity index (χ0n) is 13.9. The Balaban J connectivity index is 1.46. The second-order valence-electron chi connectivity index (χ2n) is 7.79. The van der Waals surface area contributed by atoms with Gasteiger partial charge in [-0.3, -0.25) is 4.79 Å². The van der Waals surface area contributed by atoms with Gasteiger partial charge in [0, 0.05) is 18.6 Å². The largest absolute Gasteiger partial charge is 0.375 e. The Morgan fingerprint density at radius 2 is 2.13 bits per heavy atom. The maximum absolute atomic E-state index is 12.9. The number of rotatable bonds is 4. The summed E-state index contributed by atoms with van der Waals surface area (Å²) in [5, 5.41) is 12.9. The summed E-state index contributed by atoms with van der Waals surface area (Å²) in [6.07, 6.45) is 7.95. The first kappa shape index (κ1) is 15.4. The van der Waals surface area contributed by atoms with Gasteiger partial charge in [-0.1, -0.05) is 12.8 Å². The Bertz CT molecular complexity index is 543. The Labute approximate surface area is 137 Å². The van der Waals surface area contributed by atoms with Crippen molar-refractivity contribution in [2.45, 2.75) is 76.0 Å². The fourth-order valence-corrected chi connectivity index (χ4v) is 5.41. The summed E-state index contributed by atoms with van der Waals surface area (Å²) < 4.78 is 11.8. The number of hydrogen-bond acceptors (Lipinski definition) is 4. The number of nitrogens with one attached hydrogen (secondary N) is 1. The Morgan fingerprint density at radius 3 is 2.74 bits per heavy atom. The summed E-state index contributed by atoms with van der Waals surface area (Å²) in [4.78, 5) is 12.9. The van der Waals surface area contributed by atoms with Crippen LogP contribution in [0.4, 0.5) is 0 Å². The van der Waals surface area contributed by atoms with Crippen LogP contribution in [0.15, 0.2) is 0 Å². The van der Waals surface area contributed by atoms with E-state index in [1.165, 1.54) is 0 Å². The highest BCUT2D eigenvalue weighted by molar-refractivity contribution is 5.90. The molecule has 5 heteroatoms. The number of ether oxygens (including phenoxy) is 2. The predicted molar refractivity (Wildman–Crippen MR) is 83.4 cm³/mol. The van der Waals surface area contributed by atoms with Crippen LogP contribution in [0.5, 0.6) is 0 Å². The van der Waals surface area contributed by atoms with Gasteiger partial charge in [0.15, 0.2) is 0 Å². The minimum Gasteiger partial charge on any atom is -0.375 e. The first-order chi connectivity index (χ1) is 11.1. The van der Waals surface area contributed by atoms with Crippen LogP contribution in [0.1, 0.15) is 58.3 Å². The molecule has 1 aliphatic heterocycles. The van der Waals surface area contributed by atoms with Gasteiger partial charge in [0.25, 0.3) is 0 Å². The number of carbonyl (C=O) groups excluding carboxylic acids is 1. The maximum Gasteiger partial charge on any atom is 0.241 e. The van der Waals surface area contributed by atoms with E-state index in [1.807, 2.05) is 6.92 Å². The lowest BCUT2D eigenvalue weighted by atomic mass is 9.69. The normalized spacial score (nSPS) is 43.3. The molecule has 4 aliphatic rings. The molecule has 2 spiro atoms. The summed E-state index contributed by atoms with van der Waals surface area (Å²) in [5.41, 5.74) is -1.15. The fourth-order valence-electron chi connectivity index (χ4n) is 5.41.